The van der Waals surface area contributed by atoms with Crippen molar-refractivity contribution in [1.29, 1.82) is 0 Å². The normalized spacial score (nSPS) is 21.9. The topological polar surface area (TPSA) is 102 Å². The standard InChI is InChI=1S/C20H19N3O4/c21-14-3-1-2-12(8-14)11-27-19-15-10-23(9-13(15)4-6-17(19)24)16-5-7-18(25)22-20(16)26/h1-4,6,8-9,16H,5,7,10-11,21H2,(H,22,25,26). The number of imide groups is 1. The summed E-state index contributed by atoms with van der Waals surface area (Å²) >= 11 is 0. The van der Waals surface area contributed by atoms with Gasteiger partial charge < -0.3 is 15.4 Å². The Balaban J connectivity index is 1.54. The number of ketones is 1. The zero-order chi connectivity index (χ0) is 19.0. The van der Waals surface area contributed by atoms with Crippen molar-refractivity contribution < 1.29 is 19.1 Å². The Morgan fingerprint density at radius 2 is 2.07 bits per heavy atom. The maximum Gasteiger partial charge on any atom is 0.249 e. The summed E-state index contributed by atoms with van der Waals surface area (Å²) in [5.41, 5.74) is 8.89. The minimum absolute atomic E-state index is 0.198. The molecule has 1 aromatic rings. The summed E-state index contributed by atoms with van der Waals surface area (Å²) in [5, 5.41) is 2.37. The Labute approximate surface area is 156 Å². The SMILES string of the molecule is Nc1cccc(COC2=C3CN(C4CCC(=O)NC4=O)C=C3C=CC2=O)c1. The van der Waals surface area contributed by atoms with Crippen LogP contribution in [0, 0.1) is 0 Å². The van der Waals surface area contributed by atoms with Gasteiger partial charge in [0.1, 0.15) is 12.6 Å². The molecule has 1 saturated heterocycles. The highest BCUT2D eigenvalue weighted by Crippen LogP contribution is 2.32. The van der Waals surface area contributed by atoms with Gasteiger partial charge in [-0.05, 0) is 41.8 Å². The molecule has 7 nitrogen and oxygen atoms in total. The molecule has 2 amide bonds. The van der Waals surface area contributed by atoms with Crippen LogP contribution in [0.15, 0.2) is 59.5 Å². The van der Waals surface area contributed by atoms with E-state index in [1.807, 2.05) is 23.2 Å². The Morgan fingerprint density at radius 1 is 1.22 bits per heavy atom. The van der Waals surface area contributed by atoms with E-state index in [0.29, 0.717) is 30.8 Å². The van der Waals surface area contributed by atoms with Gasteiger partial charge in [-0.1, -0.05) is 12.1 Å². The summed E-state index contributed by atoms with van der Waals surface area (Å²) in [5.74, 6) is -0.460. The first-order valence-corrected chi connectivity index (χ1v) is 8.75. The zero-order valence-corrected chi connectivity index (χ0v) is 14.6. The van der Waals surface area contributed by atoms with Crippen LogP contribution in [0.25, 0.3) is 0 Å². The molecule has 0 spiro atoms. The van der Waals surface area contributed by atoms with Gasteiger partial charge in [0.25, 0.3) is 0 Å². The van der Waals surface area contributed by atoms with Crippen LogP contribution in [0.4, 0.5) is 5.69 Å². The summed E-state index contributed by atoms with van der Waals surface area (Å²) < 4.78 is 5.83. The lowest BCUT2D eigenvalue weighted by molar-refractivity contribution is -0.136. The number of benzene rings is 1. The molecule has 2 heterocycles. The zero-order valence-electron chi connectivity index (χ0n) is 14.6. The molecule has 1 aliphatic carbocycles. The third-order valence-electron chi connectivity index (χ3n) is 4.85. The number of nitrogens with one attached hydrogen (secondary N) is 1. The number of rotatable bonds is 4. The third kappa shape index (κ3) is 3.36. The van der Waals surface area contributed by atoms with Gasteiger partial charge in [-0.15, -0.1) is 0 Å². The maximum atomic E-state index is 12.4. The van der Waals surface area contributed by atoms with Crippen molar-refractivity contribution >= 4 is 23.3 Å². The molecule has 0 radical (unpaired) electrons. The number of ether oxygens (including phenoxy) is 1. The number of carbonyl (C=O) groups excluding carboxylic acids is 3. The molecule has 1 aromatic carbocycles. The number of nitrogen functional groups attached to an aromatic ring is 1. The fraction of sp³-hybridized carbons (Fsp3) is 0.250. The number of fused-ring (bicyclic) bond motifs is 1. The first-order chi connectivity index (χ1) is 13.0. The van der Waals surface area contributed by atoms with Gasteiger partial charge in [-0.2, -0.15) is 0 Å². The first kappa shape index (κ1) is 17.1. The van der Waals surface area contributed by atoms with Crippen LogP contribution in [-0.4, -0.2) is 35.1 Å². The molecule has 27 heavy (non-hydrogen) atoms. The predicted molar refractivity (Wildman–Crippen MR) is 97.8 cm³/mol. The molecule has 1 fully saturated rings. The average Bonchev–Trinajstić information content (AvgIpc) is 3.05. The quantitative estimate of drug-likeness (QED) is 0.614. The van der Waals surface area contributed by atoms with Crippen molar-refractivity contribution in [1.82, 2.24) is 10.2 Å². The van der Waals surface area contributed by atoms with Gasteiger partial charge in [-0.3, -0.25) is 19.7 Å². The molecule has 0 aromatic heterocycles. The van der Waals surface area contributed by atoms with Crippen LogP contribution < -0.4 is 11.1 Å². The van der Waals surface area contributed by atoms with Gasteiger partial charge in [-0.25, -0.2) is 0 Å². The van der Waals surface area contributed by atoms with Crippen LogP contribution in [0.2, 0.25) is 0 Å². The molecular weight excluding hydrogens is 346 g/mol. The fourth-order valence-corrected chi connectivity index (χ4v) is 3.51. The molecule has 4 rings (SSSR count). The second-order valence-corrected chi connectivity index (χ2v) is 6.76. The number of nitrogens with two attached hydrogens (primary N) is 1. The number of anilines is 1. The highest BCUT2D eigenvalue weighted by Gasteiger charge is 2.36. The van der Waals surface area contributed by atoms with E-state index >= 15 is 0 Å². The number of nitrogens with zero attached hydrogens (tertiary/aromatic N) is 1. The molecule has 1 unspecified atom stereocenters. The van der Waals surface area contributed by atoms with E-state index < -0.39 is 6.04 Å². The van der Waals surface area contributed by atoms with Crippen molar-refractivity contribution in [3.8, 4) is 0 Å². The fourth-order valence-electron chi connectivity index (χ4n) is 3.51. The van der Waals surface area contributed by atoms with E-state index in [1.165, 1.54) is 6.08 Å². The van der Waals surface area contributed by atoms with Crippen LogP contribution >= 0.6 is 0 Å². The lowest BCUT2D eigenvalue weighted by Gasteiger charge is -2.29. The highest BCUT2D eigenvalue weighted by atomic mass is 16.5. The molecule has 1 atom stereocenters. The molecule has 0 saturated carbocycles. The van der Waals surface area contributed by atoms with Crippen LogP contribution in [-0.2, 0) is 25.7 Å². The van der Waals surface area contributed by atoms with Crippen molar-refractivity contribution in [2.24, 2.45) is 0 Å². The lowest BCUT2D eigenvalue weighted by Crippen LogP contribution is -2.50. The summed E-state index contributed by atoms with van der Waals surface area (Å²) in [6.45, 7) is 0.624. The van der Waals surface area contributed by atoms with E-state index in [2.05, 4.69) is 5.32 Å². The second kappa shape index (κ2) is 6.75. The van der Waals surface area contributed by atoms with Gasteiger partial charge >= 0.3 is 0 Å². The number of hydrogen-bond acceptors (Lipinski definition) is 6. The molecular formula is C20H19N3O4. The van der Waals surface area contributed by atoms with Crippen molar-refractivity contribution in [2.75, 3.05) is 12.3 Å². The maximum absolute atomic E-state index is 12.4. The largest absolute Gasteiger partial charge is 0.484 e. The van der Waals surface area contributed by atoms with Crippen molar-refractivity contribution in [3.63, 3.8) is 0 Å². The Bertz CT molecular complexity index is 929. The number of hydrogen-bond donors (Lipinski definition) is 2. The molecule has 3 N–H and O–H groups in total. The van der Waals surface area contributed by atoms with Gasteiger partial charge in [0.15, 0.2) is 5.76 Å². The van der Waals surface area contributed by atoms with Gasteiger partial charge in [0.05, 0.1) is 0 Å². The van der Waals surface area contributed by atoms with Gasteiger partial charge in [0.2, 0.25) is 17.6 Å². The summed E-state index contributed by atoms with van der Waals surface area (Å²) in [6, 6.07) is 6.88. The molecule has 138 valence electrons. The summed E-state index contributed by atoms with van der Waals surface area (Å²) in [4.78, 5) is 37.7. The number of carbonyl (C=O) groups is 3. The summed E-state index contributed by atoms with van der Waals surface area (Å²) in [6.07, 6.45) is 5.82. The minimum atomic E-state index is -0.424. The van der Waals surface area contributed by atoms with E-state index in [9.17, 15) is 14.4 Å². The minimum Gasteiger partial charge on any atom is -0.484 e. The smallest absolute Gasteiger partial charge is 0.249 e. The van der Waals surface area contributed by atoms with Crippen LogP contribution in [0.5, 0.6) is 0 Å². The van der Waals surface area contributed by atoms with Crippen LogP contribution in [0.1, 0.15) is 18.4 Å². The average molecular weight is 365 g/mol. The first-order valence-electron chi connectivity index (χ1n) is 8.75. The third-order valence-corrected chi connectivity index (χ3v) is 4.85. The van der Waals surface area contributed by atoms with E-state index in [0.717, 1.165) is 16.7 Å². The Kier molecular flexibility index (Phi) is 4.27. The number of piperidine rings is 1. The Hall–Kier alpha value is -3.35. The van der Waals surface area contributed by atoms with E-state index in [1.54, 1.807) is 18.2 Å². The summed E-state index contributed by atoms with van der Waals surface area (Å²) in [7, 11) is 0. The van der Waals surface area contributed by atoms with Crippen molar-refractivity contribution in [3.05, 3.63) is 65.1 Å². The number of amides is 2. The molecule has 3 aliphatic rings. The van der Waals surface area contributed by atoms with Crippen molar-refractivity contribution in [2.45, 2.75) is 25.5 Å². The van der Waals surface area contributed by atoms with Gasteiger partial charge in [0, 0.05) is 30.4 Å². The van der Waals surface area contributed by atoms with Crippen LogP contribution in [0.3, 0.4) is 0 Å². The number of allylic oxidation sites excluding steroid dienone is 2. The lowest BCUT2D eigenvalue weighted by atomic mass is 10.00. The second-order valence-electron chi connectivity index (χ2n) is 6.76. The predicted octanol–water partition coefficient (Wildman–Crippen LogP) is 1.18. The Morgan fingerprint density at radius 3 is 2.85 bits per heavy atom. The van der Waals surface area contributed by atoms with E-state index in [4.69, 9.17) is 10.5 Å². The highest BCUT2D eigenvalue weighted by molar-refractivity contribution is 6.06. The molecule has 2 aliphatic heterocycles. The molecule has 0 bridgehead atoms. The molecule has 7 heteroatoms. The monoisotopic (exact) mass is 365 g/mol. The van der Waals surface area contributed by atoms with E-state index in [-0.39, 0.29) is 24.2 Å².